The van der Waals surface area contributed by atoms with E-state index in [-0.39, 0.29) is 60.9 Å². The van der Waals surface area contributed by atoms with Gasteiger partial charge in [-0.05, 0) is 143 Å². The topological polar surface area (TPSA) is 153 Å². The van der Waals surface area contributed by atoms with Gasteiger partial charge in [0.15, 0.2) is 12.3 Å². The van der Waals surface area contributed by atoms with E-state index >= 15 is 0 Å². The molecular weight excluding hydrogens is 1010 g/mol. The molecule has 1 aliphatic heterocycles. The number of rotatable bonds is 14. The van der Waals surface area contributed by atoms with Crippen molar-refractivity contribution in [3.8, 4) is 5.75 Å². The Balaban J connectivity index is 1.00. The van der Waals surface area contributed by atoms with Crippen LogP contribution in [-0.2, 0) is 49.4 Å². The molecule has 1 heterocycles. The first-order valence-corrected chi connectivity index (χ1v) is 27.4. The molecule has 13 nitrogen and oxygen atoms in total. The summed E-state index contributed by atoms with van der Waals surface area (Å²) in [6.45, 7) is 11.5. The van der Waals surface area contributed by atoms with E-state index in [9.17, 15) is 37.1 Å². The van der Waals surface area contributed by atoms with Crippen molar-refractivity contribution in [1.82, 2.24) is 4.90 Å². The van der Waals surface area contributed by atoms with Crippen molar-refractivity contribution >= 4 is 30.0 Å². The van der Waals surface area contributed by atoms with Gasteiger partial charge in [-0.15, -0.1) is 0 Å². The van der Waals surface area contributed by atoms with Crippen molar-refractivity contribution in [2.45, 2.75) is 154 Å². The molecule has 14 atom stereocenters. The molecule has 5 aliphatic rings. The molecule has 5 fully saturated rings. The minimum absolute atomic E-state index is 0.0839. The fourth-order valence-corrected chi connectivity index (χ4v) is 14.3. The molecule has 0 aromatic heterocycles. The van der Waals surface area contributed by atoms with E-state index in [0.717, 1.165) is 5.56 Å². The highest BCUT2D eigenvalue weighted by atomic mass is 19.4. The van der Waals surface area contributed by atoms with Crippen LogP contribution in [-0.4, -0.2) is 78.2 Å². The summed E-state index contributed by atoms with van der Waals surface area (Å²) in [5.41, 5.74) is -0.0714. The zero-order valence-electron chi connectivity index (χ0n) is 45.4. The SMILES string of the molecule is COc1ccc([C@@H]2O[C@H](C(=O)O[C@@H]3CC[C@@]4(C)[C@@H](C3)C[C@@H](OC(=O)c3ccccc3)[C@@H]3[C@@H]4C[C@H](OC(=O)C(F)(F)F)[C@]4(C)[C@@H]([C@H](C)CCC(=O)OCc5ccccc5)CC[C@@H]34)[C@@H](c3ccccc3)N2C(=O)OC(C)(C)C)cc1. The highest BCUT2D eigenvalue weighted by Crippen LogP contribution is 2.69. The van der Waals surface area contributed by atoms with Gasteiger partial charge in [0, 0.05) is 23.3 Å². The van der Waals surface area contributed by atoms with Crippen molar-refractivity contribution in [3.63, 3.8) is 0 Å². The van der Waals surface area contributed by atoms with Crippen molar-refractivity contribution in [2.75, 3.05) is 7.11 Å². The van der Waals surface area contributed by atoms with E-state index in [1.54, 1.807) is 82.5 Å². The van der Waals surface area contributed by atoms with E-state index in [1.165, 1.54) is 4.90 Å². The Morgan fingerprint density at radius 2 is 1.41 bits per heavy atom. The molecule has 16 heteroatoms. The van der Waals surface area contributed by atoms with E-state index in [2.05, 4.69) is 6.92 Å². The van der Waals surface area contributed by atoms with E-state index in [0.29, 0.717) is 67.4 Å². The van der Waals surface area contributed by atoms with E-state index in [4.69, 9.17) is 33.2 Å². The molecule has 0 radical (unpaired) electrons. The molecule has 418 valence electrons. The quantitative estimate of drug-likeness (QED) is 0.0872. The fourth-order valence-electron chi connectivity index (χ4n) is 14.3. The summed E-state index contributed by atoms with van der Waals surface area (Å²) < 4.78 is 85.5. The fraction of sp³-hybridized carbons (Fsp3) is 0.532. The van der Waals surface area contributed by atoms with E-state index < -0.39 is 83.3 Å². The van der Waals surface area contributed by atoms with Gasteiger partial charge >= 0.3 is 36.1 Å². The second-order valence-electron chi connectivity index (χ2n) is 23.6. The second kappa shape index (κ2) is 22.7. The number of halogens is 3. The summed E-state index contributed by atoms with van der Waals surface area (Å²) in [6.07, 6.45) is -7.45. The Morgan fingerprint density at radius 3 is 2.05 bits per heavy atom. The molecule has 78 heavy (non-hydrogen) atoms. The number of esters is 4. The van der Waals surface area contributed by atoms with Gasteiger partial charge in [-0.1, -0.05) is 112 Å². The minimum Gasteiger partial charge on any atom is -0.497 e. The number of nitrogens with zero attached hydrogens (tertiary/aromatic N) is 1. The van der Waals surface area contributed by atoms with Crippen LogP contribution in [0.15, 0.2) is 115 Å². The predicted octanol–water partition coefficient (Wildman–Crippen LogP) is 12.7. The lowest BCUT2D eigenvalue weighted by molar-refractivity contribution is -0.239. The first-order chi connectivity index (χ1) is 37.1. The molecule has 0 N–H and O–H groups in total. The first-order valence-electron chi connectivity index (χ1n) is 27.4. The number of carbonyl (C=O) groups is 5. The molecule has 0 unspecified atom stereocenters. The molecule has 4 saturated carbocycles. The highest BCUT2D eigenvalue weighted by Gasteiger charge is 2.68. The summed E-state index contributed by atoms with van der Waals surface area (Å²) in [4.78, 5) is 71.1. The number of amides is 1. The summed E-state index contributed by atoms with van der Waals surface area (Å²) >= 11 is 0. The molecule has 4 aromatic rings. The van der Waals surface area contributed by atoms with Gasteiger partial charge < -0.3 is 33.2 Å². The van der Waals surface area contributed by atoms with Gasteiger partial charge in [-0.25, -0.2) is 19.2 Å². The van der Waals surface area contributed by atoms with Crippen LogP contribution < -0.4 is 4.74 Å². The summed E-state index contributed by atoms with van der Waals surface area (Å²) in [5.74, 6) is -5.01. The highest BCUT2D eigenvalue weighted by molar-refractivity contribution is 5.89. The Kier molecular flexibility index (Phi) is 16.4. The third kappa shape index (κ3) is 11.7. The number of hydrogen-bond donors (Lipinski definition) is 0. The van der Waals surface area contributed by atoms with Gasteiger partial charge in [-0.3, -0.25) is 9.69 Å². The van der Waals surface area contributed by atoms with Crippen LogP contribution in [0.25, 0.3) is 0 Å². The van der Waals surface area contributed by atoms with Crippen LogP contribution in [0, 0.1) is 46.3 Å². The number of carbonyl (C=O) groups excluding carboxylic acids is 5. The molecule has 0 bridgehead atoms. The molecule has 1 amide bonds. The molecule has 0 spiro atoms. The number of hydrogen-bond acceptors (Lipinski definition) is 12. The third-order valence-corrected chi connectivity index (χ3v) is 18.0. The summed E-state index contributed by atoms with van der Waals surface area (Å²) in [6, 6.07) is 33.1. The standard InChI is InChI=1S/C62H72F3NO12/c1-37(23-30-50(67)73-36-38-17-11-8-12-18-38)45-28-29-46-51-47(35-49(61(45,46)6)76-57(70)62(63,64)65)60(5)32-31-44(33-42(60)34-48(51)75-55(68)41-21-15-10-16-22-41)74-56(69)53-52(39-19-13-9-14-20-39)66(58(71)78-59(2,3)4)54(77-53)40-24-26-43(72-7)27-25-40/h8-22,24-27,37,42,44-49,51-54H,23,28-36H2,1-7H3/t37-,42+,44-,45-,46+,47+,48-,49+,51+,52-,53+,54+,60+,61-/m1/s1. The third-order valence-electron chi connectivity index (χ3n) is 18.0. The molecule has 4 aliphatic carbocycles. The summed E-state index contributed by atoms with van der Waals surface area (Å²) in [5, 5.41) is 0. The minimum atomic E-state index is -5.25. The van der Waals surface area contributed by atoms with Gasteiger partial charge in [-0.2, -0.15) is 13.2 Å². The molecule has 4 aromatic carbocycles. The van der Waals surface area contributed by atoms with Crippen molar-refractivity contribution in [1.29, 1.82) is 0 Å². The Labute approximate surface area is 454 Å². The number of alkyl halides is 3. The lowest BCUT2D eigenvalue weighted by Gasteiger charge is -2.64. The van der Waals surface area contributed by atoms with Crippen LogP contribution in [0.5, 0.6) is 5.75 Å². The van der Waals surface area contributed by atoms with Crippen LogP contribution in [0.1, 0.15) is 139 Å². The number of benzene rings is 4. The van der Waals surface area contributed by atoms with Crippen molar-refractivity contribution < 1.29 is 70.3 Å². The zero-order valence-corrected chi connectivity index (χ0v) is 45.4. The Bertz CT molecular complexity index is 2760. The van der Waals surface area contributed by atoms with Crippen LogP contribution in [0.4, 0.5) is 18.0 Å². The van der Waals surface area contributed by atoms with Gasteiger partial charge in [0.25, 0.3) is 0 Å². The molecule has 1 saturated heterocycles. The Morgan fingerprint density at radius 1 is 0.756 bits per heavy atom. The summed E-state index contributed by atoms with van der Waals surface area (Å²) in [7, 11) is 1.55. The lowest BCUT2D eigenvalue weighted by atomic mass is 9.43. The number of fused-ring (bicyclic) bond motifs is 5. The molecular formula is C62H72F3NO12. The maximum absolute atomic E-state index is 14.9. The maximum atomic E-state index is 14.9. The van der Waals surface area contributed by atoms with Crippen molar-refractivity contribution in [3.05, 3.63) is 138 Å². The predicted molar refractivity (Wildman–Crippen MR) is 280 cm³/mol. The van der Waals surface area contributed by atoms with Gasteiger partial charge in [0.1, 0.15) is 42.3 Å². The number of ether oxygens (including phenoxy) is 7. The van der Waals surface area contributed by atoms with Gasteiger partial charge in [0.05, 0.1) is 12.7 Å². The van der Waals surface area contributed by atoms with Crippen molar-refractivity contribution in [2.24, 2.45) is 46.3 Å². The van der Waals surface area contributed by atoms with E-state index in [1.807, 2.05) is 74.5 Å². The normalized spacial score (nSPS) is 30.8. The van der Waals surface area contributed by atoms with Gasteiger partial charge in [0.2, 0.25) is 0 Å². The van der Waals surface area contributed by atoms with Crippen LogP contribution >= 0.6 is 0 Å². The second-order valence-corrected chi connectivity index (χ2v) is 23.6. The smallest absolute Gasteiger partial charge is 0.490 e. The maximum Gasteiger partial charge on any atom is 0.490 e. The average Bonchev–Trinajstić information content (AvgIpc) is 4.16. The zero-order chi connectivity index (χ0) is 55.7. The lowest BCUT2D eigenvalue weighted by Crippen LogP contribution is -2.64. The Hall–Kier alpha value is -6.42. The molecule has 9 rings (SSSR count). The first kappa shape index (κ1) is 56.3. The van der Waals surface area contributed by atoms with Crippen LogP contribution in [0.3, 0.4) is 0 Å². The monoisotopic (exact) mass is 1080 g/mol. The number of methoxy groups -OCH3 is 1. The van der Waals surface area contributed by atoms with Crippen LogP contribution in [0.2, 0.25) is 0 Å². The average molecular weight is 1080 g/mol. The largest absolute Gasteiger partial charge is 0.497 e.